The Labute approximate surface area is 151 Å². The van der Waals surface area contributed by atoms with E-state index in [1.807, 2.05) is 18.2 Å². The fourth-order valence-corrected chi connectivity index (χ4v) is 4.19. The summed E-state index contributed by atoms with van der Waals surface area (Å²) in [6, 6.07) is 7.89. The van der Waals surface area contributed by atoms with Crippen LogP contribution in [0.2, 0.25) is 0 Å². The first-order valence-corrected chi connectivity index (χ1v) is 9.42. The average Bonchev–Trinajstić information content (AvgIpc) is 3.14. The molecule has 2 aliphatic rings. The Balaban J connectivity index is 1.56. The fourth-order valence-electron chi connectivity index (χ4n) is 3.56. The van der Waals surface area contributed by atoms with Crippen molar-refractivity contribution >= 4 is 27.5 Å². The number of halogens is 1. The number of anilines is 1. The average molecular weight is 391 g/mol. The van der Waals surface area contributed by atoms with E-state index in [0.717, 1.165) is 62.0 Å². The zero-order chi connectivity index (χ0) is 16.9. The van der Waals surface area contributed by atoms with Gasteiger partial charge in [0.15, 0.2) is 0 Å². The predicted molar refractivity (Wildman–Crippen MR) is 97.8 cm³/mol. The predicted octanol–water partition coefficient (Wildman–Crippen LogP) is 2.41. The molecule has 1 amide bonds. The number of carbonyl (C=O) groups is 1. The van der Waals surface area contributed by atoms with Crippen molar-refractivity contribution in [3.05, 3.63) is 28.2 Å². The standard InChI is InChI=1S/C18H23BrN4O/c19-15-9-13(10-20)5-6-17(15)23-8-2-3-14(12-23)11-22-18(24)16-4-1-7-21-16/h5-6,9,14,16,21H,1-4,7-8,11-12H2,(H,22,24). The van der Waals surface area contributed by atoms with Gasteiger partial charge in [0.2, 0.25) is 5.91 Å². The van der Waals surface area contributed by atoms with E-state index < -0.39 is 0 Å². The number of nitriles is 1. The Morgan fingerprint density at radius 3 is 3.00 bits per heavy atom. The summed E-state index contributed by atoms with van der Waals surface area (Å²) in [6.45, 7) is 3.63. The molecule has 0 aromatic heterocycles. The molecule has 2 fully saturated rings. The summed E-state index contributed by atoms with van der Waals surface area (Å²) in [6.07, 6.45) is 4.29. The van der Waals surface area contributed by atoms with Gasteiger partial charge in [-0.05, 0) is 72.3 Å². The van der Waals surface area contributed by atoms with Crippen LogP contribution in [-0.2, 0) is 4.79 Å². The molecule has 128 valence electrons. The SMILES string of the molecule is N#Cc1ccc(N2CCCC(CNC(=O)C3CCCN3)C2)c(Br)c1. The highest BCUT2D eigenvalue weighted by Crippen LogP contribution is 2.30. The molecule has 2 atom stereocenters. The summed E-state index contributed by atoms with van der Waals surface area (Å²) >= 11 is 3.58. The Morgan fingerprint density at radius 1 is 1.42 bits per heavy atom. The van der Waals surface area contributed by atoms with E-state index in [0.29, 0.717) is 11.5 Å². The molecule has 0 spiro atoms. The van der Waals surface area contributed by atoms with Gasteiger partial charge >= 0.3 is 0 Å². The van der Waals surface area contributed by atoms with Gasteiger partial charge in [-0.1, -0.05) is 0 Å². The second-order valence-electron chi connectivity index (χ2n) is 6.63. The zero-order valence-electron chi connectivity index (χ0n) is 13.7. The van der Waals surface area contributed by atoms with Crippen LogP contribution in [0.5, 0.6) is 0 Å². The molecule has 0 radical (unpaired) electrons. The largest absolute Gasteiger partial charge is 0.370 e. The fraction of sp³-hybridized carbons (Fsp3) is 0.556. The molecule has 2 unspecified atom stereocenters. The first-order chi connectivity index (χ1) is 11.7. The molecule has 2 N–H and O–H groups in total. The number of hydrogen-bond acceptors (Lipinski definition) is 4. The number of benzene rings is 1. The van der Waals surface area contributed by atoms with Crippen molar-refractivity contribution in [3.8, 4) is 6.07 Å². The minimum atomic E-state index is -0.00244. The second kappa shape index (κ2) is 8.00. The summed E-state index contributed by atoms with van der Waals surface area (Å²) in [5, 5.41) is 15.3. The van der Waals surface area contributed by atoms with E-state index >= 15 is 0 Å². The van der Waals surface area contributed by atoms with Gasteiger partial charge in [-0.25, -0.2) is 0 Å². The van der Waals surface area contributed by atoms with E-state index in [4.69, 9.17) is 5.26 Å². The summed E-state index contributed by atoms with van der Waals surface area (Å²) in [7, 11) is 0. The lowest BCUT2D eigenvalue weighted by molar-refractivity contribution is -0.122. The minimum Gasteiger partial charge on any atom is -0.370 e. The highest BCUT2D eigenvalue weighted by molar-refractivity contribution is 9.10. The van der Waals surface area contributed by atoms with Gasteiger partial charge < -0.3 is 15.5 Å². The third-order valence-electron chi connectivity index (χ3n) is 4.88. The summed E-state index contributed by atoms with van der Waals surface area (Å²) in [5.41, 5.74) is 1.79. The molecule has 2 saturated heterocycles. The Bertz CT molecular complexity index is 636. The van der Waals surface area contributed by atoms with Crippen LogP contribution in [0.15, 0.2) is 22.7 Å². The lowest BCUT2D eigenvalue weighted by atomic mass is 9.97. The van der Waals surface area contributed by atoms with Crippen LogP contribution in [-0.4, -0.2) is 38.1 Å². The van der Waals surface area contributed by atoms with Crippen LogP contribution in [0.25, 0.3) is 0 Å². The van der Waals surface area contributed by atoms with Gasteiger partial charge in [0, 0.05) is 24.1 Å². The molecule has 24 heavy (non-hydrogen) atoms. The molecule has 1 aromatic rings. The molecule has 0 aliphatic carbocycles. The first kappa shape index (κ1) is 17.2. The molecule has 1 aromatic carbocycles. The number of carbonyl (C=O) groups excluding carboxylic acids is 1. The first-order valence-electron chi connectivity index (χ1n) is 8.63. The number of nitrogens with zero attached hydrogens (tertiary/aromatic N) is 2. The number of hydrogen-bond donors (Lipinski definition) is 2. The van der Waals surface area contributed by atoms with Gasteiger partial charge in [0.25, 0.3) is 0 Å². The third kappa shape index (κ3) is 4.08. The summed E-state index contributed by atoms with van der Waals surface area (Å²) in [4.78, 5) is 14.5. The zero-order valence-corrected chi connectivity index (χ0v) is 15.3. The molecule has 5 nitrogen and oxygen atoms in total. The smallest absolute Gasteiger partial charge is 0.237 e. The van der Waals surface area contributed by atoms with Crippen LogP contribution < -0.4 is 15.5 Å². The number of nitrogens with one attached hydrogen (secondary N) is 2. The van der Waals surface area contributed by atoms with Crippen LogP contribution in [0.4, 0.5) is 5.69 Å². The van der Waals surface area contributed by atoms with Crippen molar-refractivity contribution in [2.75, 3.05) is 31.1 Å². The maximum absolute atomic E-state index is 12.1. The molecule has 2 heterocycles. The van der Waals surface area contributed by atoms with E-state index in [1.54, 1.807) is 0 Å². The monoisotopic (exact) mass is 390 g/mol. The van der Waals surface area contributed by atoms with Crippen molar-refractivity contribution in [3.63, 3.8) is 0 Å². The molecule has 3 rings (SSSR count). The molecule has 2 aliphatic heterocycles. The Kier molecular flexibility index (Phi) is 5.75. The van der Waals surface area contributed by atoms with E-state index in [2.05, 4.69) is 37.5 Å². The van der Waals surface area contributed by atoms with E-state index in [-0.39, 0.29) is 11.9 Å². The van der Waals surface area contributed by atoms with Crippen LogP contribution >= 0.6 is 15.9 Å². The molecular formula is C18H23BrN4O. The van der Waals surface area contributed by atoms with Crippen molar-refractivity contribution in [2.45, 2.75) is 31.7 Å². The van der Waals surface area contributed by atoms with Gasteiger partial charge in [-0.2, -0.15) is 5.26 Å². The topological polar surface area (TPSA) is 68.2 Å². The van der Waals surface area contributed by atoms with Crippen molar-refractivity contribution in [1.82, 2.24) is 10.6 Å². The second-order valence-corrected chi connectivity index (χ2v) is 7.48. The van der Waals surface area contributed by atoms with E-state index in [9.17, 15) is 4.79 Å². The van der Waals surface area contributed by atoms with Crippen molar-refractivity contribution in [2.24, 2.45) is 5.92 Å². The van der Waals surface area contributed by atoms with Crippen LogP contribution in [0.3, 0.4) is 0 Å². The van der Waals surface area contributed by atoms with Gasteiger partial charge in [-0.3, -0.25) is 4.79 Å². The molecule has 6 heteroatoms. The lowest BCUT2D eigenvalue weighted by Crippen LogP contribution is -2.45. The molecule has 0 bridgehead atoms. The lowest BCUT2D eigenvalue weighted by Gasteiger charge is -2.35. The summed E-state index contributed by atoms with van der Waals surface area (Å²) < 4.78 is 0.960. The quantitative estimate of drug-likeness (QED) is 0.827. The van der Waals surface area contributed by atoms with Gasteiger partial charge in [0.05, 0.1) is 23.4 Å². The normalized spacial score (nSPS) is 23.8. The third-order valence-corrected chi connectivity index (χ3v) is 5.51. The Morgan fingerprint density at radius 2 is 2.29 bits per heavy atom. The number of rotatable bonds is 4. The highest BCUT2D eigenvalue weighted by Gasteiger charge is 2.25. The minimum absolute atomic E-state index is 0.00244. The maximum atomic E-state index is 12.1. The highest BCUT2D eigenvalue weighted by atomic mass is 79.9. The van der Waals surface area contributed by atoms with Crippen molar-refractivity contribution in [1.29, 1.82) is 5.26 Å². The van der Waals surface area contributed by atoms with Gasteiger partial charge in [-0.15, -0.1) is 0 Å². The molecular weight excluding hydrogens is 368 g/mol. The number of piperidine rings is 1. The van der Waals surface area contributed by atoms with Crippen LogP contribution in [0, 0.1) is 17.2 Å². The number of amides is 1. The Hall–Kier alpha value is -1.58. The van der Waals surface area contributed by atoms with Crippen molar-refractivity contribution < 1.29 is 4.79 Å². The molecule has 0 saturated carbocycles. The maximum Gasteiger partial charge on any atom is 0.237 e. The van der Waals surface area contributed by atoms with E-state index in [1.165, 1.54) is 0 Å². The van der Waals surface area contributed by atoms with Crippen LogP contribution in [0.1, 0.15) is 31.2 Å². The van der Waals surface area contributed by atoms with Gasteiger partial charge in [0.1, 0.15) is 0 Å². The summed E-state index contributed by atoms with van der Waals surface area (Å²) in [5.74, 6) is 0.607.